The molecule has 0 aromatic heterocycles. The standard InChI is InChI=1S/C14H14BNO4/c1-19-13-9-7-11(8-10-13)14(17)16-20-15(18)12-5-3-2-4-6-12/h2-10,18H,1H3,(H,16,17). The lowest BCUT2D eigenvalue weighted by Crippen LogP contribution is -2.40. The maximum absolute atomic E-state index is 11.8. The predicted octanol–water partition coefficient (Wildman–Crippen LogP) is 0.744. The molecule has 0 aliphatic carbocycles. The molecule has 0 spiro atoms. The molecule has 0 atom stereocenters. The van der Waals surface area contributed by atoms with Gasteiger partial charge in [0.25, 0.3) is 5.91 Å². The zero-order chi connectivity index (χ0) is 14.4. The molecule has 0 fully saturated rings. The molecule has 1 amide bonds. The predicted molar refractivity (Wildman–Crippen MR) is 75.6 cm³/mol. The van der Waals surface area contributed by atoms with Crippen molar-refractivity contribution in [3.05, 3.63) is 60.2 Å². The minimum atomic E-state index is -1.21. The van der Waals surface area contributed by atoms with Gasteiger partial charge in [-0.1, -0.05) is 30.3 Å². The van der Waals surface area contributed by atoms with Crippen LogP contribution in [0.1, 0.15) is 10.4 Å². The van der Waals surface area contributed by atoms with Crippen molar-refractivity contribution >= 4 is 18.5 Å². The SMILES string of the molecule is COc1ccc(C(=O)NOB(O)c2ccccc2)cc1. The summed E-state index contributed by atoms with van der Waals surface area (Å²) in [7, 11) is 0.340. The van der Waals surface area contributed by atoms with Gasteiger partial charge < -0.3 is 9.76 Å². The van der Waals surface area contributed by atoms with Crippen LogP contribution in [0, 0.1) is 0 Å². The molecule has 6 heteroatoms. The summed E-state index contributed by atoms with van der Waals surface area (Å²) < 4.78 is 9.93. The first-order valence-corrected chi connectivity index (χ1v) is 6.04. The second-order valence-electron chi connectivity index (χ2n) is 4.04. The van der Waals surface area contributed by atoms with E-state index in [-0.39, 0.29) is 0 Å². The lowest BCUT2D eigenvalue weighted by Gasteiger charge is -2.09. The van der Waals surface area contributed by atoms with Crippen LogP contribution in [0.5, 0.6) is 5.75 Å². The van der Waals surface area contributed by atoms with Gasteiger partial charge >= 0.3 is 7.12 Å². The number of nitrogens with one attached hydrogen (secondary N) is 1. The Bertz CT molecular complexity index is 559. The van der Waals surface area contributed by atoms with Crippen LogP contribution in [-0.2, 0) is 4.76 Å². The van der Waals surface area contributed by atoms with Crippen LogP contribution in [-0.4, -0.2) is 25.2 Å². The van der Waals surface area contributed by atoms with E-state index in [1.54, 1.807) is 55.6 Å². The largest absolute Gasteiger partial charge is 0.514 e. The number of methoxy groups -OCH3 is 1. The van der Waals surface area contributed by atoms with E-state index < -0.39 is 13.0 Å². The molecule has 2 aromatic rings. The minimum Gasteiger partial charge on any atom is -0.497 e. The van der Waals surface area contributed by atoms with Gasteiger partial charge in [0.15, 0.2) is 0 Å². The highest BCUT2D eigenvalue weighted by molar-refractivity contribution is 6.59. The van der Waals surface area contributed by atoms with Gasteiger partial charge in [0, 0.05) is 5.56 Å². The number of carbonyl (C=O) groups is 1. The second-order valence-corrected chi connectivity index (χ2v) is 4.04. The Morgan fingerprint density at radius 1 is 1.10 bits per heavy atom. The third kappa shape index (κ3) is 3.60. The van der Waals surface area contributed by atoms with Crippen LogP contribution in [0.4, 0.5) is 0 Å². The van der Waals surface area contributed by atoms with Crippen LogP contribution in [0.25, 0.3) is 0 Å². The summed E-state index contributed by atoms with van der Waals surface area (Å²) in [6.45, 7) is 0. The van der Waals surface area contributed by atoms with Crippen molar-refractivity contribution in [3.8, 4) is 5.75 Å². The van der Waals surface area contributed by atoms with Gasteiger partial charge in [-0.05, 0) is 29.7 Å². The Kier molecular flexibility index (Phi) is 4.76. The fraction of sp³-hybridized carbons (Fsp3) is 0.0714. The van der Waals surface area contributed by atoms with E-state index in [2.05, 4.69) is 5.48 Å². The highest BCUT2D eigenvalue weighted by atomic mass is 16.7. The third-order valence-electron chi connectivity index (χ3n) is 2.70. The molecule has 0 radical (unpaired) electrons. The number of hydrogen-bond acceptors (Lipinski definition) is 4. The molecule has 0 aliphatic rings. The lowest BCUT2D eigenvalue weighted by molar-refractivity contribution is 0.0722. The van der Waals surface area contributed by atoms with E-state index in [0.717, 1.165) is 0 Å². The van der Waals surface area contributed by atoms with Crippen LogP contribution in [0.15, 0.2) is 54.6 Å². The molecule has 0 aliphatic heterocycles. The fourth-order valence-corrected chi connectivity index (χ4v) is 1.60. The number of amides is 1. The highest BCUT2D eigenvalue weighted by Crippen LogP contribution is 2.10. The van der Waals surface area contributed by atoms with Gasteiger partial charge in [-0.3, -0.25) is 9.55 Å². The zero-order valence-electron chi connectivity index (χ0n) is 10.9. The van der Waals surface area contributed by atoms with Gasteiger partial charge in [-0.15, -0.1) is 0 Å². The molecular weight excluding hydrogens is 257 g/mol. The van der Waals surface area contributed by atoms with E-state index in [1.807, 2.05) is 6.07 Å². The van der Waals surface area contributed by atoms with Crippen LogP contribution in [0.3, 0.4) is 0 Å². The van der Waals surface area contributed by atoms with E-state index >= 15 is 0 Å². The summed E-state index contributed by atoms with van der Waals surface area (Å²) in [4.78, 5) is 11.8. The molecule has 2 rings (SSSR count). The van der Waals surface area contributed by atoms with E-state index in [4.69, 9.17) is 9.49 Å². The van der Waals surface area contributed by atoms with Crippen molar-refractivity contribution in [2.45, 2.75) is 0 Å². The van der Waals surface area contributed by atoms with E-state index in [1.165, 1.54) is 0 Å². The van der Waals surface area contributed by atoms with Crippen LogP contribution in [0.2, 0.25) is 0 Å². The monoisotopic (exact) mass is 271 g/mol. The van der Waals surface area contributed by atoms with Crippen molar-refractivity contribution in [1.82, 2.24) is 5.48 Å². The number of hydrogen-bond donors (Lipinski definition) is 2. The Labute approximate surface area is 117 Å². The molecule has 0 unspecified atom stereocenters. The number of hydroxylamine groups is 1. The average Bonchev–Trinajstić information content (AvgIpc) is 2.53. The summed E-state index contributed by atoms with van der Waals surface area (Å²) in [6, 6.07) is 15.3. The Balaban J connectivity index is 1.91. The molecule has 2 N–H and O–H groups in total. The number of carbonyl (C=O) groups excluding carboxylic acids is 1. The Hall–Kier alpha value is -2.31. The molecule has 20 heavy (non-hydrogen) atoms. The second kappa shape index (κ2) is 6.74. The molecular formula is C14H14BNO4. The maximum atomic E-state index is 11.8. The molecule has 2 aromatic carbocycles. The maximum Gasteiger partial charge on any atom is 0.514 e. The molecule has 5 nitrogen and oxygen atoms in total. The van der Waals surface area contributed by atoms with Gasteiger partial charge in [-0.2, -0.15) is 0 Å². The molecule has 102 valence electrons. The van der Waals surface area contributed by atoms with E-state index in [0.29, 0.717) is 16.8 Å². The lowest BCUT2D eigenvalue weighted by atomic mass is 9.80. The van der Waals surface area contributed by atoms with Crippen molar-refractivity contribution in [2.24, 2.45) is 0 Å². The average molecular weight is 271 g/mol. The molecule has 0 heterocycles. The smallest absolute Gasteiger partial charge is 0.497 e. The first-order valence-electron chi connectivity index (χ1n) is 6.04. The molecule has 0 saturated heterocycles. The van der Waals surface area contributed by atoms with Crippen molar-refractivity contribution < 1.29 is 19.3 Å². The van der Waals surface area contributed by atoms with Gasteiger partial charge in [0.1, 0.15) is 5.75 Å². The number of ether oxygens (including phenoxy) is 1. The Morgan fingerprint density at radius 2 is 1.75 bits per heavy atom. The van der Waals surface area contributed by atoms with Crippen LogP contribution < -0.4 is 15.7 Å². The van der Waals surface area contributed by atoms with E-state index in [9.17, 15) is 9.82 Å². The first kappa shape index (κ1) is 14.1. The van der Waals surface area contributed by atoms with Gasteiger partial charge in [0.2, 0.25) is 0 Å². The number of rotatable bonds is 5. The summed E-state index contributed by atoms with van der Waals surface area (Å²) in [6.07, 6.45) is 0. The highest BCUT2D eigenvalue weighted by Gasteiger charge is 2.18. The summed E-state index contributed by atoms with van der Waals surface area (Å²) in [5, 5.41) is 9.74. The van der Waals surface area contributed by atoms with Crippen molar-refractivity contribution in [1.29, 1.82) is 0 Å². The van der Waals surface area contributed by atoms with Crippen molar-refractivity contribution in [3.63, 3.8) is 0 Å². The van der Waals surface area contributed by atoms with Crippen LogP contribution >= 0.6 is 0 Å². The topological polar surface area (TPSA) is 67.8 Å². The van der Waals surface area contributed by atoms with Gasteiger partial charge in [-0.25, -0.2) is 5.48 Å². The molecule has 0 saturated carbocycles. The van der Waals surface area contributed by atoms with Gasteiger partial charge in [0.05, 0.1) is 7.11 Å². The summed E-state index contributed by atoms with van der Waals surface area (Å²) in [5.74, 6) is 0.217. The number of benzene rings is 2. The summed E-state index contributed by atoms with van der Waals surface area (Å²) >= 11 is 0. The summed E-state index contributed by atoms with van der Waals surface area (Å²) in [5.41, 5.74) is 3.17. The normalized spacial score (nSPS) is 9.90. The minimum absolute atomic E-state index is 0.408. The molecule has 0 bridgehead atoms. The quantitative estimate of drug-likeness (QED) is 0.622. The van der Waals surface area contributed by atoms with Crippen molar-refractivity contribution in [2.75, 3.05) is 7.11 Å². The first-order chi connectivity index (χ1) is 9.70. The zero-order valence-corrected chi connectivity index (χ0v) is 10.9. The third-order valence-corrected chi connectivity index (χ3v) is 2.70. The Morgan fingerprint density at radius 3 is 2.35 bits per heavy atom. The fourth-order valence-electron chi connectivity index (χ4n) is 1.60.